The molecule has 1 fully saturated rings. The number of benzene rings is 1. The number of rotatable bonds is 5. The van der Waals surface area contributed by atoms with E-state index in [1.807, 2.05) is 30.3 Å². The van der Waals surface area contributed by atoms with E-state index >= 15 is 0 Å². The molecule has 2 N–H and O–H groups in total. The first-order valence-corrected chi connectivity index (χ1v) is 7.22. The van der Waals surface area contributed by atoms with Gasteiger partial charge in [-0.05, 0) is 6.42 Å². The normalized spacial score (nSPS) is 20.3. The molecule has 1 aromatic heterocycles. The Kier molecular flexibility index (Phi) is 4.12. The van der Waals surface area contributed by atoms with Crippen molar-refractivity contribution in [3.63, 3.8) is 0 Å². The first-order chi connectivity index (χ1) is 11.1. The van der Waals surface area contributed by atoms with E-state index in [9.17, 15) is 9.59 Å². The molecule has 1 atom stereocenters. The summed E-state index contributed by atoms with van der Waals surface area (Å²) in [6.45, 7) is 0.587. The number of carboxylic acid groups (broad SMARTS) is 1. The molecule has 0 saturated carbocycles. The smallest absolute Gasteiger partial charge is 0.305 e. The fraction of sp³-hybridized carbons (Fsp3) is 0.312. The van der Waals surface area contributed by atoms with E-state index in [-0.39, 0.29) is 18.8 Å². The highest BCUT2D eigenvalue weighted by Gasteiger charge is 2.39. The van der Waals surface area contributed by atoms with Crippen molar-refractivity contribution in [2.24, 2.45) is 0 Å². The van der Waals surface area contributed by atoms with Crippen LogP contribution in [0.5, 0.6) is 0 Å². The van der Waals surface area contributed by atoms with Gasteiger partial charge in [-0.3, -0.25) is 9.59 Å². The lowest BCUT2D eigenvalue weighted by atomic mass is 9.94. The Balaban J connectivity index is 1.76. The Morgan fingerprint density at radius 1 is 1.30 bits per heavy atom. The van der Waals surface area contributed by atoms with Crippen molar-refractivity contribution < 1.29 is 24.0 Å². The number of carbonyl (C=O) groups is 2. The van der Waals surface area contributed by atoms with E-state index in [0.717, 1.165) is 5.56 Å². The molecular formula is C16H16N2O5. The molecule has 1 amide bonds. The molecule has 7 nitrogen and oxygen atoms in total. The SMILES string of the molecule is O=C(O)CC1(NC(=O)c2cc(-c3ccccc3)no2)CCOC1. The fourth-order valence-electron chi connectivity index (χ4n) is 2.61. The van der Waals surface area contributed by atoms with Crippen LogP contribution in [-0.2, 0) is 9.53 Å². The van der Waals surface area contributed by atoms with Crippen LogP contribution < -0.4 is 5.32 Å². The predicted octanol–water partition coefficient (Wildman–Crippen LogP) is 1.71. The lowest BCUT2D eigenvalue weighted by Gasteiger charge is -2.26. The van der Waals surface area contributed by atoms with Crippen LogP contribution in [0.1, 0.15) is 23.4 Å². The minimum Gasteiger partial charge on any atom is -0.481 e. The Bertz CT molecular complexity index is 704. The van der Waals surface area contributed by atoms with E-state index < -0.39 is 17.4 Å². The van der Waals surface area contributed by atoms with Gasteiger partial charge in [0.05, 0.1) is 18.6 Å². The highest BCUT2D eigenvalue weighted by molar-refractivity contribution is 5.93. The molecular weight excluding hydrogens is 300 g/mol. The van der Waals surface area contributed by atoms with Gasteiger partial charge in [0, 0.05) is 18.2 Å². The summed E-state index contributed by atoms with van der Waals surface area (Å²) in [4.78, 5) is 23.4. The zero-order valence-electron chi connectivity index (χ0n) is 12.3. The monoisotopic (exact) mass is 316 g/mol. The van der Waals surface area contributed by atoms with Gasteiger partial charge in [-0.15, -0.1) is 0 Å². The van der Waals surface area contributed by atoms with Gasteiger partial charge in [-0.25, -0.2) is 0 Å². The van der Waals surface area contributed by atoms with E-state index in [2.05, 4.69) is 10.5 Å². The molecule has 3 rings (SSSR count). The number of nitrogens with zero attached hydrogens (tertiary/aromatic N) is 1. The van der Waals surface area contributed by atoms with Gasteiger partial charge in [-0.2, -0.15) is 0 Å². The molecule has 0 radical (unpaired) electrons. The largest absolute Gasteiger partial charge is 0.481 e. The summed E-state index contributed by atoms with van der Waals surface area (Å²) in [5, 5.41) is 15.6. The lowest BCUT2D eigenvalue weighted by Crippen LogP contribution is -2.50. The number of hydrogen-bond acceptors (Lipinski definition) is 5. The fourth-order valence-corrected chi connectivity index (χ4v) is 2.61. The molecule has 1 aromatic carbocycles. The highest BCUT2D eigenvalue weighted by atomic mass is 16.5. The molecule has 2 heterocycles. The molecule has 7 heteroatoms. The first kappa shape index (κ1) is 15.2. The number of ether oxygens (including phenoxy) is 1. The zero-order valence-corrected chi connectivity index (χ0v) is 12.3. The average molecular weight is 316 g/mol. The minimum absolute atomic E-state index is 0.0421. The van der Waals surface area contributed by atoms with Crippen LogP contribution in [-0.4, -0.2) is 40.9 Å². The molecule has 1 aliphatic heterocycles. The Morgan fingerprint density at radius 3 is 2.74 bits per heavy atom. The molecule has 1 aliphatic rings. The molecule has 1 saturated heterocycles. The zero-order chi connectivity index (χ0) is 16.3. The Labute approximate surface area is 132 Å². The highest BCUT2D eigenvalue weighted by Crippen LogP contribution is 2.24. The number of nitrogens with one attached hydrogen (secondary N) is 1. The van der Waals surface area contributed by atoms with Crippen LogP contribution in [0.15, 0.2) is 40.9 Å². The van der Waals surface area contributed by atoms with E-state index in [4.69, 9.17) is 14.4 Å². The second-order valence-electron chi connectivity index (χ2n) is 5.55. The van der Waals surface area contributed by atoms with Crippen LogP contribution in [0, 0.1) is 0 Å². The third-order valence-corrected chi connectivity index (χ3v) is 3.78. The number of aromatic nitrogens is 1. The lowest BCUT2D eigenvalue weighted by molar-refractivity contribution is -0.138. The summed E-state index contributed by atoms with van der Waals surface area (Å²) in [6.07, 6.45) is 0.253. The maximum absolute atomic E-state index is 12.3. The van der Waals surface area contributed by atoms with Crippen LogP contribution in [0.3, 0.4) is 0 Å². The van der Waals surface area contributed by atoms with Gasteiger partial charge >= 0.3 is 5.97 Å². The van der Waals surface area contributed by atoms with Gasteiger partial charge in [0.1, 0.15) is 5.69 Å². The Hall–Kier alpha value is -2.67. The number of hydrogen-bond donors (Lipinski definition) is 2. The summed E-state index contributed by atoms with van der Waals surface area (Å²) in [5.74, 6) is -1.44. The summed E-state index contributed by atoms with van der Waals surface area (Å²) in [5.41, 5.74) is 0.480. The van der Waals surface area contributed by atoms with Crippen molar-refractivity contribution in [2.45, 2.75) is 18.4 Å². The number of carbonyl (C=O) groups excluding carboxylic acids is 1. The maximum atomic E-state index is 12.3. The quantitative estimate of drug-likeness (QED) is 0.870. The molecule has 23 heavy (non-hydrogen) atoms. The number of carboxylic acids is 1. The van der Waals surface area contributed by atoms with Gasteiger partial charge in [0.2, 0.25) is 5.76 Å². The number of aliphatic carboxylic acids is 1. The predicted molar refractivity (Wildman–Crippen MR) is 79.8 cm³/mol. The van der Waals surface area contributed by atoms with Crippen molar-refractivity contribution >= 4 is 11.9 Å². The van der Waals surface area contributed by atoms with Crippen LogP contribution >= 0.6 is 0 Å². The van der Waals surface area contributed by atoms with Crippen LogP contribution in [0.4, 0.5) is 0 Å². The average Bonchev–Trinajstić information content (AvgIpc) is 3.17. The van der Waals surface area contributed by atoms with Crippen LogP contribution in [0.2, 0.25) is 0 Å². The van der Waals surface area contributed by atoms with Crippen molar-refractivity contribution in [2.75, 3.05) is 13.2 Å². The van der Waals surface area contributed by atoms with E-state index in [1.165, 1.54) is 6.07 Å². The van der Waals surface area contributed by atoms with Gasteiger partial charge < -0.3 is 19.7 Å². The second-order valence-corrected chi connectivity index (χ2v) is 5.55. The summed E-state index contributed by atoms with van der Waals surface area (Å²) >= 11 is 0. The molecule has 1 unspecified atom stereocenters. The van der Waals surface area contributed by atoms with Crippen molar-refractivity contribution in [3.05, 3.63) is 42.2 Å². The minimum atomic E-state index is -0.988. The van der Waals surface area contributed by atoms with Gasteiger partial charge in [0.25, 0.3) is 5.91 Å². The third kappa shape index (κ3) is 3.40. The van der Waals surface area contributed by atoms with E-state index in [1.54, 1.807) is 0 Å². The van der Waals surface area contributed by atoms with Crippen molar-refractivity contribution in [3.8, 4) is 11.3 Å². The third-order valence-electron chi connectivity index (χ3n) is 3.78. The van der Waals surface area contributed by atoms with E-state index in [0.29, 0.717) is 18.7 Å². The van der Waals surface area contributed by atoms with Gasteiger partial charge in [-0.1, -0.05) is 35.5 Å². The first-order valence-electron chi connectivity index (χ1n) is 7.22. The molecule has 0 aliphatic carbocycles. The summed E-state index contributed by atoms with van der Waals surface area (Å²) in [6, 6.07) is 10.9. The molecule has 2 aromatic rings. The topological polar surface area (TPSA) is 102 Å². The van der Waals surface area contributed by atoms with Crippen molar-refractivity contribution in [1.29, 1.82) is 0 Å². The van der Waals surface area contributed by atoms with Crippen molar-refractivity contribution in [1.82, 2.24) is 10.5 Å². The number of amides is 1. The van der Waals surface area contributed by atoms with Gasteiger partial charge in [0.15, 0.2) is 0 Å². The molecule has 0 spiro atoms. The standard InChI is InChI=1S/C16H16N2O5/c19-14(20)9-16(6-7-22-10-16)17-15(21)13-8-12(18-23-13)11-4-2-1-3-5-11/h1-5,8H,6-7,9-10H2,(H,17,21)(H,19,20). The molecule has 0 bridgehead atoms. The maximum Gasteiger partial charge on any atom is 0.305 e. The summed E-state index contributed by atoms with van der Waals surface area (Å²) in [7, 11) is 0. The summed E-state index contributed by atoms with van der Waals surface area (Å²) < 4.78 is 10.3. The molecule has 120 valence electrons. The second kappa shape index (κ2) is 6.21. The Morgan fingerprint density at radius 2 is 2.09 bits per heavy atom. The van der Waals surface area contributed by atoms with Crippen LogP contribution in [0.25, 0.3) is 11.3 Å².